The van der Waals surface area contributed by atoms with Crippen molar-refractivity contribution < 1.29 is 14.6 Å². The van der Waals surface area contributed by atoms with Crippen molar-refractivity contribution in [3.63, 3.8) is 0 Å². The summed E-state index contributed by atoms with van der Waals surface area (Å²) in [6.45, 7) is 0.399. The molecule has 110 valence electrons. The second-order valence-electron chi connectivity index (χ2n) is 4.49. The molecule has 4 nitrogen and oxygen atoms in total. The van der Waals surface area contributed by atoms with Crippen LogP contribution in [0.1, 0.15) is 21.5 Å². The van der Waals surface area contributed by atoms with Crippen molar-refractivity contribution in [2.75, 3.05) is 7.11 Å². The molecule has 0 saturated carbocycles. The Morgan fingerprint density at radius 1 is 1.24 bits per heavy atom. The number of benzene rings is 2. The number of carbonyl (C=O) groups is 1. The highest BCUT2D eigenvalue weighted by atomic mass is 79.9. The molecule has 0 aliphatic heterocycles. The van der Waals surface area contributed by atoms with Crippen molar-refractivity contribution in [2.45, 2.75) is 11.9 Å². The summed E-state index contributed by atoms with van der Waals surface area (Å²) in [5, 5.41) is 13.5. The zero-order valence-corrected chi connectivity index (χ0v) is 13.2. The minimum Gasteiger partial charge on any atom is -0.504 e. The second-order valence-corrected chi connectivity index (χ2v) is 5.05. The van der Waals surface area contributed by atoms with Gasteiger partial charge < -0.3 is 15.2 Å². The minimum atomic E-state index is -0.337. The molecule has 0 bridgehead atoms. The summed E-state index contributed by atoms with van der Waals surface area (Å²) in [7, 11) is 1.45. The van der Waals surface area contributed by atoms with E-state index in [0.717, 1.165) is 16.5 Å². The standard InChI is InChI=1S/C16H16BrNO3/c1-21-14-7-3-6-13(15(14)19)16(20)18-10-12-5-2-4-11(8-12)9-17/h2-8,19H,9-10H2,1H3,(H,18,20). The summed E-state index contributed by atoms with van der Waals surface area (Å²) < 4.78 is 4.99. The van der Waals surface area contributed by atoms with Gasteiger partial charge in [-0.1, -0.05) is 46.3 Å². The van der Waals surface area contributed by atoms with Gasteiger partial charge in [0.05, 0.1) is 12.7 Å². The molecule has 0 aliphatic carbocycles. The molecule has 2 N–H and O–H groups in total. The highest BCUT2D eigenvalue weighted by molar-refractivity contribution is 9.08. The SMILES string of the molecule is COc1cccc(C(=O)NCc2cccc(CBr)c2)c1O. The molecule has 0 radical (unpaired) electrons. The van der Waals surface area contributed by atoms with Crippen LogP contribution in [-0.2, 0) is 11.9 Å². The van der Waals surface area contributed by atoms with Crippen LogP contribution in [0, 0.1) is 0 Å². The molecule has 0 fully saturated rings. The van der Waals surface area contributed by atoms with Crippen LogP contribution in [-0.4, -0.2) is 18.1 Å². The van der Waals surface area contributed by atoms with E-state index in [-0.39, 0.29) is 23.0 Å². The van der Waals surface area contributed by atoms with E-state index < -0.39 is 0 Å². The topological polar surface area (TPSA) is 58.6 Å². The molecule has 0 heterocycles. The Kier molecular flexibility index (Phi) is 5.22. The number of alkyl halides is 1. The summed E-state index contributed by atoms with van der Waals surface area (Å²) in [5.74, 6) is -0.203. The fourth-order valence-corrected chi connectivity index (χ4v) is 2.32. The third kappa shape index (κ3) is 3.76. The fraction of sp³-hybridized carbons (Fsp3) is 0.188. The quantitative estimate of drug-likeness (QED) is 0.814. The molecular weight excluding hydrogens is 334 g/mol. The van der Waals surface area contributed by atoms with Gasteiger partial charge in [-0.05, 0) is 23.3 Å². The number of hydrogen-bond donors (Lipinski definition) is 2. The molecule has 0 aliphatic rings. The Bertz CT molecular complexity index is 643. The lowest BCUT2D eigenvalue weighted by Crippen LogP contribution is -2.23. The molecular formula is C16H16BrNO3. The number of phenolic OH excluding ortho intramolecular Hbond substituents is 1. The predicted octanol–water partition coefficient (Wildman–Crippen LogP) is 3.23. The van der Waals surface area contributed by atoms with Gasteiger partial charge in [0.25, 0.3) is 5.91 Å². The number of para-hydroxylation sites is 1. The summed E-state index contributed by atoms with van der Waals surface area (Å²) in [6.07, 6.45) is 0. The second kappa shape index (κ2) is 7.13. The molecule has 0 saturated heterocycles. The lowest BCUT2D eigenvalue weighted by molar-refractivity contribution is 0.0947. The van der Waals surface area contributed by atoms with E-state index in [0.29, 0.717) is 6.54 Å². The van der Waals surface area contributed by atoms with Gasteiger partial charge >= 0.3 is 0 Å². The lowest BCUT2D eigenvalue weighted by atomic mass is 10.1. The van der Waals surface area contributed by atoms with Gasteiger partial charge in [-0.2, -0.15) is 0 Å². The molecule has 0 atom stereocenters. The summed E-state index contributed by atoms with van der Waals surface area (Å²) >= 11 is 3.40. The molecule has 1 amide bonds. The maximum Gasteiger partial charge on any atom is 0.255 e. The van der Waals surface area contributed by atoms with Crippen LogP contribution >= 0.6 is 15.9 Å². The van der Waals surface area contributed by atoms with E-state index in [1.807, 2.05) is 24.3 Å². The normalized spacial score (nSPS) is 10.2. The number of amides is 1. The predicted molar refractivity (Wildman–Crippen MR) is 84.9 cm³/mol. The van der Waals surface area contributed by atoms with Crippen molar-refractivity contribution >= 4 is 21.8 Å². The molecule has 0 unspecified atom stereocenters. The number of nitrogens with one attached hydrogen (secondary N) is 1. The van der Waals surface area contributed by atoms with Crippen molar-refractivity contribution in [2.24, 2.45) is 0 Å². The Morgan fingerprint density at radius 2 is 1.95 bits per heavy atom. The Morgan fingerprint density at radius 3 is 2.67 bits per heavy atom. The molecule has 2 aromatic carbocycles. The highest BCUT2D eigenvalue weighted by Crippen LogP contribution is 2.29. The maximum absolute atomic E-state index is 12.1. The van der Waals surface area contributed by atoms with Crippen LogP contribution < -0.4 is 10.1 Å². The maximum atomic E-state index is 12.1. The first-order valence-corrected chi connectivity index (χ1v) is 7.55. The third-order valence-electron chi connectivity index (χ3n) is 3.06. The van der Waals surface area contributed by atoms with Crippen LogP contribution in [0.15, 0.2) is 42.5 Å². The summed E-state index contributed by atoms with van der Waals surface area (Å²) in [6, 6.07) is 12.7. The number of methoxy groups -OCH3 is 1. The van der Waals surface area contributed by atoms with E-state index in [1.54, 1.807) is 18.2 Å². The molecule has 5 heteroatoms. The van der Waals surface area contributed by atoms with Crippen molar-refractivity contribution in [1.29, 1.82) is 0 Å². The van der Waals surface area contributed by atoms with Crippen LogP contribution in [0.5, 0.6) is 11.5 Å². The zero-order chi connectivity index (χ0) is 15.2. The first-order valence-electron chi connectivity index (χ1n) is 6.43. The van der Waals surface area contributed by atoms with Crippen molar-refractivity contribution in [1.82, 2.24) is 5.32 Å². The van der Waals surface area contributed by atoms with Crippen LogP contribution in [0.25, 0.3) is 0 Å². The van der Waals surface area contributed by atoms with Gasteiger partial charge in [0.15, 0.2) is 11.5 Å². The monoisotopic (exact) mass is 349 g/mol. The Labute approximate surface area is 131 Å². The van der Waals surface area contributed by atoms with Gasteiger partial charge in [0.1, 0.15) is 0 Å². The number of aromatic hydroxyl groups is 1. The lowest BCUT2D eigenvalue weighted by Gasteiger charge is -2.10. The van der Waals surface area contributed by atoms with Gasteiger partial charge in [-0.15, -0.1) is 0 Å². The van der Waals surface area contributed by atoms with Crippen LogP contribution in [0.4, 0.5) is 0 Å². The van der Waals surface area contributed by atoms with Crippen molar-refractivity contribution in [3.8, 4) is 11.5 Å². The summed E-state index contributed by atoms with van der Waals surface area (Å²) in [4.78, 5) is 12.1. The fourth-order valence-electron chi connectivity index (χ4n) is 1.97. The van der Waals surface area contributed by atoms with E-state index in [9.17, 15) is 9.90 Å². The zero-order valence-electron chi connectivity index (χ0n) is 11.6. The molecule has 2 aromatic rings. The molecule has 2 rings (SSSR count). The number of rotatable bonds is 5. The average Bonchev–Trinajstić information content (AvgIpc) is 2.53. The average molecular weight is 350 g/mol. The highest BCUT2D eigenvalue weighted by Gasteiger charge is 2.14. The Hall–Kier alpha value is -2.01. The van der Waals surface area contributed by atoms with E-state index >= 15 is 0 Å². The molecule has 0 aromatic heterocycles. The van der Waals surface area contributed by atoms with E-state index in [2.05, 4.69) is 21.2 Å². The largest absolute Gasteiger partial charge is 0.504 e. The van der Waals surface area contributed by atoms with E-state index in [1.165, 1.54) is 7.11 Å². The van der Waals surface area contributed by atoms with Gasteiger partial charge in [-0.3, -0.25) is 4.79 Å². The van der Waals surface area contributed by atoms with Gasteiger partial charge in [0.2, 0.25) is 0 Å². The van der Waals surface area contributed by atoms with Gasteiger partial charge in [-0.25, -0.2) is 0 Å². The number of ether oxygens (including phenoxy) is 1. The smallest absolute Gasteiger partial charge is 0.255 e. The minimum absolute atomic E-state index is 0.147. The van der Waals surface area contributed by atoms with Crippen molar-refractivity contribution in [3.05, 3.63) is 59.2 Å². The number of carbonyl (C=O) groups excluding carboxylic acids is 1. The third-order valence-corrected chi connectivity index (χ3v) is 3.71. The van der Waals surface area contributed by atoms with Gasteiger partial charge in [0, 0.05) is 11.9 Å². The number of hydrogen-bond acceptors (Lipinski definition) is 3. The summed E-state index contributed by atoms with van der Waals surface area (Å²) in [5.41, 5.74) is 2.35. The molecule has 0 spiro atoms. The van der Waals surface area contributed by atoms with E-state index in [4.69, 9.17) is 4.74 Å². The molecule has 21 heavy (non-hydrogen) atoms. The first kappa shape index (κ1) is 15.4. The van der Waals surface area contributed by atoms with Crippen LogP contribution in [0.2, 0.25) is 0 Å². The first-order chi connectivity index (χ1) is 10.2. The Balaban J connectivity index is 2.08. The number of phenols is 1. The van der Waals surface area contributed by atoms with Crippen LogP contribution in [0.3, 0.4) is 0 Å². The number of halogens is 1.